The fourth-order valence-corrected chi connectivity index (χ4v) is 3.51. The highest BCUT2D eigenvalue weighted by Gasteiger charge is 2.19. The van der Waals surface area contributed by atoms with Gasteiger partial charge in [-0.2, -0.15) is 0 Å². The maximum absolute atomic E-state index is 5.28. The molecule has 28 heavy (non-hydrogen) atoms. The molecule has 0 saturated heterocycles. The second-order valence-electron chi connectivity index (χ2n) is 6.61. The van der Waals surface area contributed by atoms with E-state index in [9.17, 15) is 0 Å². The van der Waals surface area contributed by atoms with E-state index in [1.807, 2.05) is 42.5 Å². The van der Waals surface area contributed by atoms with Gasteiger partial charge in [0.25, 0.3) is 0 Å². The van der Waals surface area contributed by atoms with Gasteiger partial charge in [0.15, 0.2) is 11.3 Å². The summed E-state index contributed by atoms with van der Waals surface area (Å²) < 4.78 is 9.14. The molecule has 138 valence electrons. The Kier molecular flexibility index (Phi) is 3.61. The fraction of sp³-hybridized carbons (Fsp3) is 0.143. The first-order valence-corrected chi connectivity index (χ1v) is 8.96. The van der Waals surface area contributed by atoms with Crippen molar-refractivity contribution in [3.8, 4) is 23.0 Å². The zero-order valence-electron chi connectivity index (χ0n) is 15.8. The monoisotopic (exact) mass is 370 g/mol. The number of hydrogen-bond donors (Lipinski definition) is 0. The summed E-state index contributed by atoms with van der Waals surface area (Å²) in [6.45, 7) is 4.18. The molecular formula is C21H18N6O. The minimum Gasteiger partial charge on any atom is -0.497 e. The van der Waals surface area contributed by atoms with Crippen molar-refractivity contribution in [2.24, 2.45) is 0 Å². The van der Waals surface area contributed by atoms with E-state index in [0.29, 0.717) is 5.82 Å². The van der Waals surface area contributed by atoms with Crippen LogP contribution in [-0.4, -0.2) is 36.2 Å². The van der Waals surface area contributed by atoms with Crippen LogP contribution < -0.4 is 4.74 Å². The second-order valence-corrected chi connectivity index (χ2v) is 6.61. The van der Waals surface area contributed by atoms with Crippen molar-refractivity contribution in [3.63, 3.8) is 0 Å². The van der Waals surface area contributed by atoms with Crippen molar-refractivity contribution in [1.29, 1.82) is 0 Å². The highest BCUT2D eigenvalue weighted by Crippen LogP contribution is 2.30. The number of benzene rings is 1. The van der Waals surface area contributed by atoms with Crippen LogP contribution in [0, 0.1) is 13.8 Å². The molecule has 0 amide bonds. The molecule has 4 aromatic heterocycles. The standard InChI is InChI=1S/C21H18N6O/c1-13-14(2)27(15-7-9-16(28-3)10-8-15)20-18(13)21-24-19(25-26(21)12-23-20)17-6-4-5-11-22-17/h4-12H,1-3H3. The van der Waals surface area contributed by atoms with E-state index in [4.69, 9.17) is 9.72 Å². The molecule has 5 aromatic rings. The summed E-state index contributed by atoms with van der Waals surface area (Å²) in [6.07, 6.45) is 3.44. The molecule has 0 unspecified atom stereocenters. The van der Waals surface area contributed by atoms with E-state index >= 15 is 0 Å². The van der Waals surface area contributed by atoms with Crippen molar-refractivity contribution in [3.05, 3.63) is 66.2 Å². The number of ether oxygens (including phenoxy) is 1. The zero-order valence-corrected chi connectivity index (χ0v) is 15.8. The molecule has 0 N–H and O–H groups in total. The first-order chi connectivity index (χ1) is 13.7. The second kappa shape index (κ2) is 6.16. The lowest BCUT2D eigenvalue weighted by molar-refractivity contribution is 0.415. The van der Waals surface area contributed by atoms with Gasteiger partial charge in [-0.1, -0.05) is 6.07 Å². The van der Waals surface area contributed by atoms with Crippen LogP contribution in [0.3, 0.4) is 0 Å². The number of hydrogen-bond acceptors (Lipinski definition) is 5. The van der Waals surface area contributed by atoms with Crippen LogP contribution in [-0.2, 0) is 0 Å². The van der Waals surface area contributed by atoms with Crippen LogP contribution >= 0.6 is 0 Å². The Bertz CT molecular complexity index is 1300. The molecule has 0 aliphatic rings. The average molecular weight is 370 g/mol. The van der Waals surface area contributed by atoms with Gasteiger partial charge in [-0.05, 0) is 55.8 Å². The number of nitrogens with zero attached hydrogens (tertiary/aromatic N) is 6. The molecule has 1 aromatic carbocycles. The summed E-state index contributed by atoms with van der Waals surface area (Å²) in [7, 11) is 1.66. The van der Waals surface area contributed by atoms with E-state index in [0.717, 1.165) is 45.1 Å². The van der Waals surface area contributed by atoms with Crippen LogP contribution in [0.1, 0.15) is 11.3 Å². The Hall–Kier alpha value is -3.74. The summed E-state index contributed by atoms with van der Waals surface area (Å²) in [6, 6.07) is 13.7. The molecule has 0 spiro atoms. The summed E-state index contributed by atoms with van der Waals surface area (Å²) >= 11 is 0. The fourth-order valence-electron chi connectivity index (χ4n) is 3.51. The molecule has 0 atom stereocenters. The molecule has 7 nitrogen and oxygen atoms in total. The largest absolute Gasteiger partial charge is 0.497 e. The molecule has 0 saturated carbocycles. The third-order valence-electron chi connectivity index (χ3n) is 5.06. The molecule has 0 bridgehead atoms. The van der Waals surface area contributed by atoms with E-state index in [1.54, 1.807) is 24.1 Å². The van der Waals surface area contributed by atoms with Crippen molar-refractivity contribution in [2.75, 3.05) is 7.11 Å². The quantitative estimate of drug-likeness (QED) is 0.484. The van der Waals surface area contributed by atoms with Gasteiger partial charge in [0.2, 0.25) is 5.82 Å². The third-order valence-corrected chi connectivity index (χ3v) is 5.06. The van der Waals surface area contributed by atoms with Crippen molar-refractivity contribution in [2.45, 2.75) is 13.8 Å². The minimum absolute atomic E-state index is 0.587. The lowest BCUT2D eigenvalue weighted by Crippen LogP contribution is -1.99. The molecule has 0 radical (unpaired) electrons. The molecule has 0 aliphatic carbocycles. The smallest absolute Gasteiger partial charge is 0.200 e. The first-order valence-electron chi connectivity index (χ1n) is 8.96. The molecule has 5 rings (SSSR count). The summed E-state index contributed by atoms with van der Waals surface area (Å²) in [5, 5.41) is 5.55. The highest BCUT2D eigenvalue weighted by molar-refractivity contribution is 5.95. The number of fused-ring (bicyclic) bond motifs is 3. The Morgan fingerprint density at radius 2 is 1.75 bits per heavy atom. The van der Waals surface area contributed by atoms with Gasteiger partial charge >= 0.3 is 0 Å². The van der Waals surface area contributed by atoms with Gasteiger partial charge < -0.3 is 4.74 Å². The average Bonchev–Trinajstić information content (AvgIpc) is 3.28. The summed E-state index contributed by atoms with van der Waals surface area (Å²) in [4.78, 5) is 13.8. The number of aryl methyl sites for hydroxylation is 1. The van der Waals surface area contributed by atoms with Crippen LogP contribution in [0.2, 0.25) is 0 Å². The van der Waals surface area contributed by atoms with Crippen molar-refractivity contribution >= 4 is 16.7 Å². The predicted molar refractivity (Wildman–Crippen MR) is 107 cm³/mol. The Labute approximate surface area is 161 Å². The van der Waals surface area contributed by atoms with Crippen LogP contribution in [0.25, 0.3) is 33.9 Å². The van der Waals surface area contributed by atoms with Gasteiger partial charge in [-0.25, -0.2) is 14.5 Å². The topological polar surface area (TPSA) is 70.1 Å². The Morgan fingerprint density at radius 3 is 2.46 bits per heavy atom. The molecule has 4 heterocycles. The van der Waals surface area contributed by atoms with E-state index < -0.39 is 0 Å². The number of pyridine rings is 1. The van der Waals surface area contributed by atoms with Gasteiger partial charge in [0.1, 0.15) is 17.8 Å². The number of rotatable bonds is 3. The van der Waals surface area contributed by atoms with E-state index in [1.165, 1.54) is 0 Å². The van der Waals surface area contributed by atoms with Gasteiger partial charge in [0, 0.05) is 17.6 Å². The zero-order chi connectivity index (χ0) is 19.3. The van der Waals surface area contributed by atoms with Gasteiger partial charge in [0.05, 0.1) is 12.5 Å². The molecule has 0 aliphatic heterocycles. The maximum atomic E-state index is 5.28. The van der Waals surface area contributed by atoms with Gasteiger partial charge in [-0.15, -0.1) is 5.10 Å². The number of methoxy groups -OCH3 is 1. The lowest BCUT2D eigenvalue weighted by Gasteiger charge is -2.08. The highest BCUT2D eigenvalue weighted by atomic mass is 16.5. The van der Waals surface area contributed by atoms with Crippen molar-refractivity contribution in [1.82, 2.24) is 29.1 Å². The third kappa shape index (κ3) is 2.36. The Morgan fingerprint density at radius 1 is 0.929 bits per heavy atom. The normalized spacial score (nSPS) is 11.4. The maximum Gasteiger partial charge on any atom is 0.200 e. The van der Waals surface area contributed by atoms with Crippen molar-refractivity contribution < 1.29 is 4.74 Å². The minimum atomic E-state index is 0.587. The van der Waals surface area contributed by atoms with E-state index in [-0.39, 0.29) is 0 Å². The van der Waals surface area contributed by atoms with Gasteiger partial charge in [-0.3, -0.25) is 9.55 Å². The van der Waals surface area contributed by atoms with Crippen LogP contribution in [0.15, 0.2) is 55.0 Å². The SMILES string of the molecule is COc1ccc(-n2c(C)c(C)c3c2ncn2nc(-c4ccccn4)nc32)cc1. The predicted octanol–water partition coefficient (Wildman–Crippen LogP) is 3.76. The molecular weight excluding hydrogens is 352 g/mol. The first kappa shape index (κ1) is 16.4. The molecule has 0 fully saturated rings. The molecule has 7 heteroatoms. The summed E-state index contributed by atoms with van der Waals surface area (Å²) in [5.41, 5.74) is 5.64. The van der Waals surface area contributed by atoms with Crippen LogP contribution in [0.4, 0.5) is 0 Å². The lowest BCUT2D eigenvalue weighted by atomic mass is 10.2. The Balaban J connectivity index is 1.76. The van der Waals surface area contributed by atoms with Crippen LogP contribution in [0.5, 0.6) is 5.75 Å². The van der Waals surface area contributed by atoms with E-state index in [2.05, 4.69) is 33.5 Å². The summed E-state index contributed by atoms with van der Waals surface area (Å²) in [5.74, 6) is 1.41. The number of aromatic nitrogens is 6.